The molecule has 0 aliphatic heterocycles. The molecule has 6 aromatic rings. The Balaban J connectivity index is 0.000000177. The number of nitrogens with two attached hydrogens (primary N) is 2. The van der Waals surface area contributed by atoms with Crippen LogP contribution in [-0.2, 0) is 43.6 Å². The molecular weight excluding hydrogens is 719 g/mol. The van der Waals surface area contributed by atoms with Crippen LogP contribution in [0.5, 0.6) is 0 Å². The van der Waals surface area contributed by atoms with Crippen molar-refractivity contribution < 1.29 is 24.7 Å². The fourth-order valence-electron chi connectivity index (χ4n) is 6.17. The number of benzene rings is 3. The van der Waals surface area contributed by atoms with Gasteiger partial charge in [-0.1, -0.05) is 59.1 Å². The third-order valence-electron chi connectivity index (χ3n) is 9.20. The van der Waals surface area contributed by atoms with E-state index in [-0.39, 0.29) is 12.1 Å². The normalized spacial score (nSPS) is 12.3. The van der Waals surface area contributed by atoms with Gasteiger partial charge in [0.1, 0.15) is 12.1 Å². The zero-order valence-electron chi connectivity index (χ0n) is 28.9. The van der Waals surface area contributed by atoms with E-state index in [0.29, 0.717) is 38.6 Å². The molecular formula is C36H39Cl3N6O6. The summed E-state index contributed by atoms with van der Waals surface area (Å²) in [6.45, 7) is 5.78. The number of carboxylic acids is 2. The Hall–Kier alpha value is -4.59. The Labute approximate surface area is 308 Å². The van der Waals surface area contributed by atoms with Crippen molar-refractivity contribution in [3.63, 3.8) is 0 Å². The quantitative estimate of drug-likeness (QED) is 0.0970. The number of aromatic nitrogens is 3. The molecule has 0 spiro atoms. The Morgan fingerprint density at radius 3 is 1.78 bits per heavy atom. The Morgan fingerprint density at radius 2 is 1.24 bits per heavy atom. The van der Waals surface area contributed by atoms with Crippen molar-refractivity contribution in [2.45, 2.75) is 45.7 Å². The number of fused-ring (bicyclic) bond motifs is 3. The Morgan fingerprint density at radius 1 is 0.745 bits per heavy atom. The molecule has 0 bridgehead atoms. The largest absolute Gasteiger partial charge is 0.480 e. The van der Waals surface area contributed by atoms with Crippen LogP contribution in [-0.4, -0.2) is 52.9 Å². The summed E-state index contributed by atoms with van der Waals surface area (Å²) < 4.78 is 5.80. The van der Waals surface area contributed by atoms with Gasteiger partial charge in [0, 0.05) is 67.9 Å². The van der Waals surface area contributed by atoms with E-state index in [1.165, 1.54) is 23.2 Å². The second-order valence-corrected chi connectivity index (χ2v) is 13.5. The lowest BCUT2D eigenvalue weighted by molar-refractivity contribution is -0.383. The fourth-order valence-corrected chi connectivity index (χ4v) is 7.07. The van der Waals surface area contributed by atoms with E-state index in [9.17, 15) is 19.7 Å². The molecule has 0 aliphatic rings. The van der Waals surface area contributed by atoms with Crippen LogP contribution >= 0.6 is 34.8 Å². The molecule has 0 fully saturated rings. The number of non-ortho nitro benzene ring substituents is 1. The van der Waals surface area contributed by atoms with E-state index in [2.05, 4.69) is 23.6 Å². The molecule has 0 saturated heterocycles. The smallest absolute Gasteiger partial charge is 0.320 e. The number of para-hydroxylation sites is 2. The predicted octanol–water partition coefficient (Wildman–Crippen LogP) is 7.24. The lowest BCUT2D eigenvalue weighted by Gasteiger charge is -2.07. The van der Waals surface area contributed by atoms with E-state index in [4.69, 9.17) is 56.5 Å². The number of nitro benzene ring substituents is 1. The van der Waals surface area contributed by atoms with Crippen LogP contribution in [0.15, 0.2) is 54.6 Å². The first kappa shape index (κ1) is 39.2. The van der Waals surface area contributed by atoms with Gasteiger partial charge in [-0.3, -0.25) is 19.7 Å². The second-order valence-electron chi connectivity index (χ2n) is 12.2. The van der Waals surface area contributed by atoms with Crippen LogP contribution in [0.1, 0.15) is 28.2 Å². The summed E-state index contributed by atoms with van der Waals surface area (Å²) in [5, 5.41) is 33.5. The maximum Gasteiger partial charge on any atom is 0.320 e. The predicted molar refractivity (Wildman–Crippen MR) is 203 cm³/mol. The monoisotopic (exact) mass is 756 g/mol. The van der Waals surface area contributed by atoms with Crippen LogP contribution in [0.2, 0.25) is 15.1 Å². The maximum atomic E-state index is 11.2. The number of nitro groups is 1. The average Bonchev–Trinajstić information content (AvgIpc) is 3.60. The zero-order valence-corrected chi connectivity index (χ0v) is 31.1. The highest BCUT2D eigenvalue weighted by molar-refractivity contribution is 6.36. The van der Waals surface area contributed by atoms with Gasteiger partial charge in [-0.2, -0.15) is 0 Å². The molecule has 12 nitrogen and oxygen atoms in total. The first-order valence-corrected chi connectivity index (χ1v) is 16.8. The Bertz CT molecular complexity index is 2310. The first-order chi connectivity index (χ1) is 23.9. The molecule has 3 heterocycles. The number of carboxylic acid groups (broad SMARTS) is 2. The van der Waals surface area contributed by atoms with Crippen molar-refractivity contribution in [3.05, 3.63) is 108 Å². The van der Waals surface area contributed by atoms with Gasteiger partial charge in [0.25, 0.3) is 5.69 Å². The Kier molecular flexibility index (Phi) is 12.1. The van der Waals surface area contributed by atoms with Gasteiger partial charge in [0.05, 0.1) is 41.9 Å². The summed E-state index contributed by atoms with van der Waals surface area (Å²) in [7, 11) is 5.67. The van der Waals surface area contributed by atoms with Gasteiger partial charge < -0.3 is 35.4 Å². The molecule has 0 radical (unpaired) electrons. The molecule has 0 amide bonds. The van der Waals surface area contributed by atoms with E-state index >= 15 is 0 Å². The minimum Gasteiger partial charge on any atom is -0.480 e. The molecule has 0 aliphatic carbocycles. The van der Waals surface area contributed by atoms with E-state index < -0.39 is 28.9 Å². The number of halogens is 3. The van der Waals surface area contributed by atoms with Gasteiger partial charge in [-0.25, -0.2) is 0 Å². The molecule has 15 heteroatoms. The van der Waals surface area contributed by atoms with Crippen molar-refractivity contribution in [1.82, 2.24) is 13.7 Å². The number of hydrogen-bond acceptors (Lipinski definition) is 6. The number of hydrogen-bond donors (Lipinski definition) is 4. The molecule has 3 aromatic heterocycles. The topological polar surface area (TPSA) is 185 Å². The minimum absolute atomic E-state index is 0.000309. The summed E-state index contributed by atoms with van der Waals surface area (Å²) in [5.41, 5.74) is 18.1. The van der Waals surface area contributed by atoms with Crippen LogP contribution < -0.4 is 11.5 Å². The van der Waals surface area contributed by atoms with Gasteiger partial charge in [0.2, 0.25) is 0 Å². The third-order valence-corrected chi connectivity index (χ3v) is 10.1. The standard InChI is InChI=1S/C13H14ClN3O4.C13H15ClN2O2.C10H10ClN/c1-6-7(5-9(15)13(18)19)11-10(17(20)21)4-3-8(14)12(11)16(6)2;1-7-9(6-11(15)13(17)18)8-4-3-5-10(14)12(8)16(7)2;1-7-6-8-4-3-5-9(11)10(8)12(7)2/h3-4,9H,5,15H2,1-2H3,(H,18,19);3-5,11H,6,15H2,1-2H3,(H,17,18);3-6H,1-2H3. The molecule has 6 N–H and O–H groups in total. The molecule has 2 atom stereocenters. The van der Waals surface area contributed by atoms with Crippen LogP contribution in [0.3, 0.4) is 0 Å². The molecule has 270 valence electrons. The third kappa shape index (κ3) is 7.85. The molecule has 6 rings (SSSR count). The summed E-state index contributed by atoms with van der Waals surface area (Å²) in [6.07, 6.45) is 0.304. The van der Waals surface area contributed by atoms with Gasteiger partial charge in [-0.15, -0.1) is 0 Å². The summed E-state index contributed by atoms with van der Waals surface area (Å²) in [4.78, 5) is 32.5. The zero-order chi connectivity index (χ0) is 38.1. The number of aliphatic carboxylic acids is 2. The number of carbonyl (C=O) groups is 2. The van der Waals surface area contributed by atoms with Crippen LogP contribution in [0.25, 0.3) is 32.7 Å². The lowest BCUT2D eigenvalue weighted by Crippen LogP contribution is -2.32. The lowest BCUT2D eigenvalue weighted by atomic mass is 10.0. The first-order valence-electron chi connectivity index (χ1n) is 15.7. The number of rotatable bonds is 7. The molecule has 0 saturated carbocycles. The van der Waals surface area contributed by atoms with Crippen LogP contribution in [0, 0.1) is 30.9 Å². The number of nitrogens with zero attached hydrogens (tertiary/aromatic N) is 4. The van der Waals surface area contributed by atoms with Crippen LogP contribution in [0.4, 0.5) is 5.69 Å². The van der Waals surface area contributed by atoms with Gasteiger partial charge in [0.15, 0.2) is 0 Å². The van der Waals surface area contributed by atoms with Gasteiger partial charge >= 0.3 is 11.9 Å². The van der Waals surface area contributed by atoms with Gasteiger partial charge in [-0.05, 0) is 56.2 Å². The SMILES string of the molecule is Cc1c(CC(N)C(=O)O)c2c([N+](=O)[O-])ccc(Cl)c2n1C.Cc1c(CC(N)C(=O)O)c2cccc(Cl)c2n1C.Cc1cc2cccc(Cl)c2n1C. The molecule has 2 unspecified atom stereocenters. The van der Waals surface area contributed by atoms with Crippen molar-refractivity contribution in [1.29, 1.82) is 0 Å². The second kappa shape index (κ2) is 15.7. The highest BCUT2D eigenvalue weighted by atomic mass is 35.5. The fraction of sp³-hybridized carbons (Fsp3) is 0.278. The number of aryl methyl sites for hydroxylation is 4. The molecule has 3 aromatic carbocycles. The highest BCUT2D eigenvalue weighted by Gasteiger charge is 2.26. The van der Waals surface area contributed by atoms with Crippen molar-refractivity contribution in [3.8, 4) is 0 Å². The summed E-state index contributed by atoms with van der Waals surface area (Å²) in [5.74, 6) is -2.15. The van der Waals surface area contributed by atoms with Crippen molar-refractivity contribution in [2.75, 3.05) is 0 Å². The minimum atomic E-state index is -1.16. The summed E-state index contributed by atoms with van der Waals surface area (Å²) in [6, 6.07) is 14.5. The summed E-state index contributed by atoms with van der Waals surface area (Å²) >= 11 is 18.4. The maximum absolute atomic E-state index is 11.2. The average molecular weight is 758 g/mol. The van der Waals surface area contributed by atoms with Crippen molar-refractivity contribution in [2.24, 2.45) is 32.6 Å². The highest BCUT2D eigenvalue weighted by Crippen LogP contribution is 2.37. The molecule has 51 heavy (non-hydrogen) atoms. The van der Waals surface area contributed by atoms with Crippen molar-refractivity contribution >= 4 is 85.1 Å². The van der Waals surface area contributed by atoms with E-state index in [0.717, 1.165) is 32.7 Å². The van der Waals surface area contributed by atoms with E-state index in [1.807, 2.05) is 55.9 Å². The van der Waals surface area contributed by atoms with E-state index in [1.54, 1.807) is 18.5 Å².